The van der Waals surface area contributed by atoms with Gasteiger partial charge in [-0.15, -0.1) is 0 Å². The zero-order valence-corrected chi connectivity index (χ0v) is 12.6. The van der Waals surface area contributed by atoms with Crippen LogP contribution in [0.25, 0.3) is 0 Å². The molecule has 0 fully saturated rings. The number of rotatable bonds is 4. The van der Waals surface area contributed by atoms with Crippen LogP contribution in [0.2, 0.25) is 0 Å². The van der Waals surface area contributed by atoms with E-state index in [9.17, 15) is 0 Å². The fourth-order valence-corrected chi connectivity index (χ4v) is 3.01. The van der Waals surface area contributed by atoms with E-state index in [0.29, 0.717) is 6.04 Å². The normalized spacial score (nSPS) is 17.0. The molecule has 2 aromatic carbocycles. The number of fused-ring (bicyclic) bond motifs is 1. The highest BCUT2D eigenvalue weighted by molar-refractivity contribution is 5.60. The Morgan fingerprint density at radius 3 is 2.71 bits per heavy atom. The monoisotopic (exact) mass is 283 g/mol. The van der Waals surface area contributed by atoms with Crippen molar-refractivity contribution < 1.29 is 9.47 Å². The molecule has 0 heterocycles. The van der Waals surface area contributed by atoms with Crippen molar-refractivity contribution in [2.75, 3.05) is 19.5 Å². The molecule has 21 heavy (non-hydrogen) atoms. The van der Waals surface area contributed by atoms with Gasteiger partial charge in [0, 0.05) is 6.07 Å². The fourth-order valence-electron chi connectivity index (χ4n) is 3.01. The molecular formula is C18H21NO2. The van der Waals surface area contributed by atoms with Crippen LogP contribution in [0.15, 0.2) is 42.5 Å². The zero-order valence-electron chi connectivity index (χ0n) is 12.6. The van der Waals surface area contributed by atoms with E-state index in [1.807, 2.05) is 18.2 Å². The minimum Gasteiger partial charge on any atom is -0.497 e. The molecule has 2 aromatic rings. The number of hydrogen-bond acceptors (Lipinski definition) is 3. The van der Waals surface area contributed by atoms with Gasteiger partial charge in [-0.1, -0.05) is 24.3 Å². The smallest absolute Gasteiger partial charge is 0.145 e. The minimum atomic E-state index is 0.345. The number of benzene rings is 2. The lowest BCUT2D eigenvalue weighted by atomic mass is 9.87. The Labute approximate surface area is 125 Å². The molecule has 3 rings (SSSR count). The molecule has 0 radical (unpaired) electrons. The summed E-state index contributed by atoms with van der Waals surface area (Å²) in [6.45, 7) is 0. The third-order valence-electron chi connectivity index (χ3n) is 4.11. The summed E-state index contributed by atoms with van der Waals surface area (Å²) in [6.07, 6.45) is 3.54. The lowest BCUT2D eigenvalue weighted by Crippen LogP contribution is -2.17. The third kappa shape index (κ3) is 2.82. The van der Waals surface area contributed by atoms with Crippen molar-refractivity contribution >= 4 is 5.69 Å². The summed E-state index contributed by atoms with van der Waals surface area (Å²) in [7, 11) is 3.36. The second-order valence-corrected chi connectivity index (χ2v) is 5.35. The largest absolute Gasteiger partial charge is 0.497 e. The summed E-state index contributed by atoms with van der Waals surface area (Å²) in [5.41, 5.74) is 3.87. The van der Waals surface area contributed by atoms with E-state index in [4.69, 9.17) is 9.47 Å². The van der Waals surface area contributed by atoms with Crippen LogP contribution in [0.5, 0.6) is 11.5 Å². The van der Waals surface area contributed by atoms with Crippen molar-refractivity contribution in [3.63, 3.8) is 0 Å². The van der Waals surface area contributed by atoms with Crippen LogP contribution in [0.4, 0.5) is 5.69 Å². The molecule has 1 N–H and O–H groups in total. The maximum atomic E-state index is 5.47. The van der Waals surface area contributed by atoms with E-state index in [0.717, 1.165) is 23.6 Å². The lowest BCUT2D eigenvalue weighted by molar-refractivity contribution is 0.395. The van der Waals surface area contributed by atoms with Crippen LogP contribution < -0.4 is 14.8 Å². The second kappa shape index (κ2) is 6.08. The quantitative estimate of drug-likeness (QED) is 0.912. The maximum absolute atomic E-state index is 5.47. The summed E-state index contributed by atoms with van der Waals surface area (Å²) in [6, 6.07) is 14.9. The number of methoxy groups -OCH3 is 2. The minimum absolute atomic E-state index is 0.345. The van der Waals surface area contributed by atoms with Crippen molar-refractivity contribution in [2.24, 2.45) is 0 Å². The lowest BCUT2D eigenvalue weighted by Gasteiger charge is -2.28. The molecule has 0 bridgehead atoms. The van der Waals surface area contributed by atoms with Gasteiger partial charge in [-0.3, -0.25) is 0 Å². The van der Waals surface area contributed by atoms with E-state index < -0.39 is 0 Å². The molecule has 1 unspecified atom stereocenters. The van der Waals surface area contributed by atoms with Crippen LogP contribution >= 0.6 is 0 Å². The molecule has 1 aliphatic carbocycles. The third-order valence-corrected chi connectivity index (χ3v) is 4.11. The molecule has 0 aliphatic heterocycles. The van der Waals surface area contributed by atoms with E-state index in [1.54, 1.807) is 14.2 Å². The Morgan fingerprint density at radius 1 is 1.05 bits per heavy atom. The molecule has 0 amide bonds. The molecule has 0 spiro atoms. The first-order valence-corrected chi connectivity index (χ1v) is 7.38. The molecule has 1 atom stereocenters. The van der Waals surface area contributed by atoms with E-state index >= 15 is 0 Å². The first kappa shape index (κ1) is 13.8. The number of hydrogen-bond donors (Lipinski definition) is 1. The van der Waals surface area contributed by atoms with Gasteiger partial charge < -0.3 is 14.8 Å². The van der Waals surface area contributed by atoms with Gasteiger partial charge in [-0.25, -0.2) is 0 Å². The zero-order chi connectivity index (χ0) is 14.7. The highest BCUT2D eigenvalue weighted by atomic mass is 16.5. The highest BCUT2D eigenvalue weighted by Crippen LogP contribution is 2.36. The van der Waals surface area contributed by atoms with Gasteiger partial charge in [0.15, 0.2) is 0 Å². The average molecular weight is 283 g/mol. The Hall–Kier alpha value is -2.16. The Kier molecular flexibility index (Phi) is 4.00. The van der Waals surface area contributed by atoms with Crippen molar-refractivity contribution in [1.82, 2.24) is 0 Å². The Bertz CT molecular complexity index is 624. The number of nitrogens with one attached hydrogen (secondary N) is 1. The first-order chi connectivity index (χ1) is 10.3. The van der Waals surface area contributed by atoms with Gasteiger partial charge in [0.05, 0.1) is 25.9 Å². The van der Waals surface area contributed by atoms with E-state index in [2.05, 4.69) is 29.6 Å². The molecule has 0 aromatic heterocycles. The molecule has 0 saturated carbocycles. The van der Waals surface area contributed by atoms with Crippen LogP contribution in [0, 0.1) is 0 Å². The average Bonchev–Trinajstić information content (AvgIpc) is 2.55. The molecule has 3 nitrogen and oxygen atoms in total. The van der Waals surface area contributed by atoms with Gasteiger partial charge in [0.25, 0.3) is 0 Å². The molecule has 0 saturated heterocycles. The summed E-state index contributed by atoms with van der Waals surface area (Å²) >= 11 is 0. The van der Waals surface area contributed by atoms with Gasteiger partial charge >= 0.3 is 0 Å². The molecule has 3 heteroatoms. The number of ether oxygens (including phenoxy) is 2. The predicted molar refractivity (Wildman–Crippen MR) is 85.3 cm³/mol. The summed E-state index contributed by atoms with van der Waals surface area (Å²) < 4.78 is 10.7. The topological polar surface area (TPSA) is 30.5 Å². The molecule has 110 valence electrons. The van der Waals surface area contributed by atoms with Crippen molar-refractivity contribution in [3.05, 3.63) is 53.6 Å². The SMILES string of the molecule is COc1ccc(NC2CCCc3ccccc32)c(OC)c1. The van der Waals surface area contributed by atoms with Crippen LogP contribution in [-0.2, 0) is 6.42 Å². The van der Waals surface area contributed by atoms with Crippen LogP contribution in [0.3, 0.4) is 0 Å². The van der Waals surface area contributed by atoms with Gasteiger partial charge in [-0.05, 0) is 42.5 Å². The van der Waals surface area contributed by atoms with E-state index in [1.165, 1.54) is 24.0 Å². The maximum Gasteiger partial charge on any atom is 0.145 e. The first-order valence-electron chi connectivity index (χ1n) is 7.38. The standard InChI is InChI=1S/C18H21NO2/c1-20-14-10-11-17(18(12-14)21-2)19-16-9-5-7-13-6-3-4-8-15(13)16/h3-4,6,8,10-12,16,19H,5,7,9H2,1-2H3. The number of anilines is 1. The van der Waals surface area contributed by atoms with Crippen LogP contribution in [-0.4, -0.2) is 14.2 Å². The molecular weight excluding hydrogens is 262 g/mol. The van der Waals surface area contributed by atoms with Crippen molar-refractivity contribution in [2.45, 2.75) is 25.3 Å². The summed E-state index contributed by atoms with van der Waals surface area (Å²) in [5, 5.41) is 3.63. The Morgan fingerprint density at radius 2 is 1.90 bits per heavy atom. The van der Waals surface area contributed by atoms with Crippen molar-refractivity contribution in [1.29, 1.82) is 0 Å². The van der Waals surface area contributed by atoms with Gasteiger partial charge in [-0.2, -0.15) is 0 Å². The summed E-state index contributed by atoms with van der Waals surface area (Å²) in [5.74, 6) is 1.62. The summed E-state index contributed by atoms with van der Waals surface area (Å²) in [4.78, 5) is 0. The highest BCUT2D eigenvalue weighted by Gasteiger charge is 2.20. The van der Waals surface area contributed by atoms with Crippen LogP contribution in [0.1, 0.15) is 30.0 Å². The fraction of sp³-hybridized carbons (Fsp3) is 0.333. The van der Waals surface area contributed by atoms with E-state index in [-0.39, 0.29) is 0 Å². The Balaban J connectivity index is 1.88. The van der Waals surface area contributed by atoms with Gasteiger partial charge in [0.2, 0.25) is 0 Å². The number of aryl methyl sites for hydroxylation is 1. The predicted octanol–water partition coefficient (Wildman–Crippen LogP) is 4.19. The second-order valence-electron chi connectivity index (χ2n) is 5.35. The van der Waals surface area contributed by atoms with Crippen molar-refractivity contribution in [3.8, 4) is 11.5 Å². The van der Waals surface area contributed by atoms with Gasteiger partial charge in [0.1, 0.15) is 11.5 Å². The molecule has 1 aliphatic rings.